The average molecular weight is 375 g/mol. The third kappa shape index (κ3) is 3.09. The fourth-order valence-electron chi connectivity index (χ4n) is 2.96. The summed E-state index contributed by atoms with van der Waals surface area (Å²) in [6.45, 7) is 0. The van der Waals surface area contributed by atoms with Gasteiger partial charge in [0, 0.05) is 35.2 Å². The minimum atomic E-state index is -1.37. The number of rotatable bonds is 5. The van der Waals surface area contributed by atoms with Crippen molar-refractivity contribution in [3.63, 3.8) is 0 Å². The van der Waals surface area contributed by atoms with Crippen LogP contribution in [0.3, 0.4) is 0 Å². The van der Waals surface area contributed by atoms with E-state index in [9.17, 15) is 9.90 Å². The van der Waals surface area contributed by atoms with Gasteiger partial charge in [0.05, 0.1) is 25.4 Å². The van der Waals surface area contributed by atoms with Gasteiger partial charge < -0.3 is 24.9 Å². The molecule has 6 nitrogen and oxygen atoms in total. The van der Waals surface area contributed by atoms with E-state index < -0.39 is 12.0 Å². The summed E-state index contributed by atoms with van der Waals surface area (Å²) in [5, 5.41) is 14.3. The second kappa shape index (κ2) is 7.27. The summed E-state index contributed by atoms with van der Waals surface area (Å²) in [5.41, 5.74) is 2.52. The molecule has 0 aliphatic rings. The summed E-state index contributed by atoms with van der Waals surface area (Å²) in [6.07, 6.45) is -1.37. The Morgan fingerprint density at radius 3 is 2.46 bits per heavy atom. The van der Waals surface area contributed by atoms with Gasteiger partial charge in [0.2, 0.25) is 0 Å². The minimum Gasteiger partial charge on any atom is -0.497 e. The van der Waals surface area contributed by atoms with E-state index in [1.165, 1.54) is 7.05 Å². The predicted octanol–water partition coefficient (Wildman–Crippen LogP) is 3.28. The van der Waals surface area contributed by atoms with Crippen molar-refractivity contribution in [2.75, 3.05) is 21.3 Å². The molecule has 3 N–H and O–H groups in total. The molecule has 0 saturated heterocycles. The van der Waals surface area contributed by atoms with Gasteiger partial charge in [-0.1, -0.05) is 23.7 Å². The Labute approximate surface area is 155 Å². The number of aliphatic hydroxyl groups is 1. The van der Waals surface area contributed by atoms with Gasteiger partial charge in [-0.25, -0.2) is 0 Å². The number of amides is 1. The highest BCUT2D eigenvalue weighted by molar-refractivity contribution is 6.30. The SMILES string of the molecule is CNC(=O)C(O)c1[nH]c2cc(OC)cc(OC)c2c1-c1ccc(Cl)cc1. The number of hydrogen-bond acceptors (Lipinski definition) is 4. The molecule has 1 heterocycles. The molecule has 0 spiro atoms. The van der Waals surface area contributed by atoms with Gasteiger partial charge >= 0.3 is 0 Å². The number of halogens is 1. The number of methoxy groups -OCH3 is 2. The number of fused-ring (bicyclic) bond motifs is 1. The maximum atomic E-state index is 12.0. The molecule has 26 heavy (non-hydrogen) atoms. The van der Waals surface area contributed by atoms with Crippen LogP contribution in [0.4, 0.5) is 0 Å². The van der Waals surface area contributed by atoms with Crippen LogP contribution in [0.25, 0.3) is 22.0 Å². The smallest absolute Gasteiger partial charge is 0.254 e. The van der Waals surface area contributed by atoms with Crippen molar-refractivity contribution >= 4 is 28.4 Å². The number of carbonyl (C=O) groups is 1. The van der Waals surface area contributed by atoms with Crippen LogP contribution in [0.1, 0.15) is 11.8 Å². The van der Waals surface area contributed by atoms with Gasteiger partial charge in [0.1, 0.15) is 11.5 Å². The molecule has 1 amide bonds. The van der Waals surface area contributed by atoms with Crippen molar-refractivity contribution < 1.29 is 19.4 Å². The summed E-state index contributed by atoms with van der Waals surface area (Å²) in [6, 6.07) is 10.7. The van der Waals surface area contributed by atoms with Gasteiger partial charge in [-0.2, -0.15) is 0 Å². The number of likely N-dealkylation sites (N-methyl/N-ethyl adjacent to an activating group) is 1. The molecule has 0 aliphatic carbocycles. The molecule has 3 rings (SSSR count). The Bertz CT molecular complexity index is 950. The summed E-state index contributed by atoms with van der Waals surface area (Å²) in [5.74, 6) is 0.646. The first-order chi connectivity index (χ1) is 12.5. The number of hydrogen-bond donors (Lipinski definition) is 3. The summed E-state index contributed by atoms with van der Waals surface area (Å²) in [7, 11) is 4.59. The summed E-state index contributed by atoms with van der Waals surface area (Å²) >= 11 is 6.00. The Balaban J connectivity index is 2.36. The fraction of sp³-hybridized carbons (Fsp3) is 0.211. The average Bonchev–Trinajstić information content (AvgIpc) is 3.05. The van der Waals surface area contributed by atoms with Crippen LogP contribution in [0, 0.1) is 0 Å². The number of nitrogens with one attached hydrogen (secondary N) is 2. The zero-order valence-corrected chi connectivity index (χ0v) is 15.3. The molecule has 0 bridgehead atoms. The molecule has 7 heteroatoms. The molecule has 0 fully saturated rings. The third-order valence-electron chi connectivity index (χ3n) is 4.22. The van der Waals surface area contributed by atoms with Crippen molar-refractivity contribution in [1.82, 2.24) is 10.3 Å². The van der Waals surface area contributed by atoms with Crippen molar-refractivity contribution in [3.8, 4) is 22.6 Å². The lowest BCUT2D eigenvalue weighted by Gasteiger charge is -2.12. The molecular formula is C19H19ClN2O4. The van der Waals surface area contributed by atoms with E-state index in [4.69, 9.17) is 21.1 Å². The number of ether oxygens (including phenoxy) is 2. The molecule has 1 unspecified atom stereocenters. The number of aliphatic hydroxyl groups excluding tert-OH is 1. The van der Waals surface area contributed by atoms with Gasteiger partial charge in [-0.3, -0.25) is 4.79 Å². The molecule has 136 valence electrons. The fourth-order valence-corrected chi connectivity index (χ4v) is 3.08. The largest absolute Gasteiger partial charge is 0.497 e. The summed E-state index contributed by atoms with van der Waals surface area (Å²) < 4.78 is 10.8. The normalized spacial score (nSPS) is 12.0. The summed E-state index contributed by atoms with van der Waals surface area (Å²) in [4.78, 5) is 15.2. The highest BCUT2D eigenvalue weighted by Gasteiger charge is 2.26. The van der Waals surface area contributed by atoms with E-state index in [-0.39, 0.29) is 0 Å². The van der Waals surface area contributed by atoms with E-state index in [0.29, 0.717) is 33.3 Å². The molecule has 2 aromatic carbocycles. The molecular weight excluding hydrogens is 356 g/mol. The molecule has 1 aromatic heterocycles. The minimum absolute atomic E-state index is 0.369. The van der Waals surface area contributed by atoms with Gasteiger partial charge in [-0.15, -0.1) is 0 Å². The van der Waals surface area contributed by atoms with Gasteiger partial charge in [0.25, 0.3) is 5.91 Å². The standard InChI is InChI=1S/C19H19ClN2O4/c1-21-19(24)18(23)17-15(10-4-6-11(20)7-5-10)16-13(22-17)8-12(25-2)9-14(16)26-3/h4-9,18,22-23H,1-3H3,(H,21,24). The first-order valence-corrected chi connectivity index (χ1v) is 8.31. The number of aromatic amines is 1. The molecule has 0 saturated carbocycles. The Morgan fingerprint density at radius 2 is 1.88 bits per heavy atom. The highest BCUT2D eigenvalue weighted by atomic mass is 35.5. The number of H-pyrrole nitrogens is 1. The Hall–Kier alpha value is -2.70. The zero-order chi connectivity index (χ0) is 18.8. The monoisotopic (exact) mass is 374 g/mol. The second-order valence-corrected chi connectivity index (χ2v) is 6.13. The molecule has 0 radical (unpaired) electrons. The lowest BCUT2D eigenvalue weighted by Crippen LogP contribution is -2.26. The van der Waals surface area contributed by atoms with Crippen LogP contribution in [-0.2, 0) is 4.79 Å². The number of aromatic nitrogens is 1. The van der Waals surface area contributed by atoms with Gasteiger partial charge in [0.15, 0.2) is 6.10 Å². The third-order valence-corrected chi connectivity index (χ3v) is 4.47. The molecule has 0 aliphatic heterocycles. The van der Waals surface area contributed by atoms with E-state index in [0.717, 1.165) is 10.9 Å². The maximum absolute atomic E-state index is 12.0. The topological polar surface area (TPSA) is 83.6 Å². The number of carbonyl (C=O) groups excluding carboxylic acids is 1. The van der Waals surface area contributed by atoms with Gasteiger partial charge in [-0.05, 0) is 17.7 Å². The second-order valence-electron chi connectivity index (χ2n) is 5.69. The van der Waals surface area contributed by atoms with Crippen LogP contribution >= 0.6 is 11.6 Å². The van der Waals surface area contributed by atoms with Crippen molar-refractivity contribution in [2.45, 2.75) is 6.10 Å². The first-order valence-electron chi connectivity index (χ1n) is 7.93. The highest BCUT2D eigenvalue weighted by Crippen LogP contribution is 2.42. The Morgan fingerprint density at radius 1 is 1.19 bits per heavy atom. The zero-order valence-electron chi connectivity index (χ0n) is 14.6. The lowest BCUT2D eigenvalue weighted by molar-refractivity contribution is -0.129. The van der Waals surface area contributed by atoms with Crippen molar-refractivity contribution in [2.24, 2.45) is 0 Å². The van der Waals surface area contributed by atoms with Crippen LogP contribution in [0.5, 0.6) is 11.5 Å². The predicted molar refractivity (Wildman–Crippen MR) is 101 cm³/mol. The first kappa shape index (κ1) is 18.1. The number of benzene rings is 2. The maximum Gasteiger partial charge on any atom is 0.254 e. The van der Waals surface area contributed by atoms with E-state index in [1.54, 1.807) is 38.5 Å². The molecule has 3 aromatic rings. The molecule has 1 atom stereocenters. The van der Waals surface area contributed by atoms with E-state index in [2.05, 4.69) is 10.3 Å². The van der Waals surface area contributed by atoms with E-state index in [1.807, 2.05) is 12.1 Å². The Kier molecular flexibility index (Phi) is 5.06. The van der Waals surface area contributed by atoms with Crippen LogP contribution < -0.4 is 14.8 Å². The van der Waals surface area contributed by atoms with E-state index >= 15 is 0 Å². The van der Waals surface area contributed by atoms with Crippen molar-refractivity contribution in [3.05, 3.63) is 47.1 Å². The van der Waals surface area contributed by atoms with Crippen LogP contribution in [-0.4, -0.2) is 37.3 Å². The van der Waals surface area contributed by atoms with Crippen LogP contribution in [0.15, 0.2) is 36.4 Å². The van der Waals surface area contributed by atoms with Crippen LogP contribution in [0.2, 0.25) is 5.02 Å². The van der Waals surface area contributed by atoms with Crippen molar-refractivity contribution in [1.29, 1.82) is 0 Å². The lowest BCUT2D eigenvalue weighted by atomic mass is 9.98. The quantitative estimate of drug-likeness (QED) is 0.640.